The molecule has 0 aliphatic heterocycles. The fourth-order valence-electron chi connectivity index (χ4n) is 0.148. The van der Waals surface area contributed by atoms with Crippen molar-refractivity contribution in [1.82, 2.24) is 5.48 Å². The Morgan fingerprint density at radius 2 is 2.38 bits per heavy atom. The van der Waals surface area contributed by atoms with E-state index in [4.69, 9.17) is 11.6 Å². The molecule has 3 nitrogen and oxygen atoms in total. The Kier molecular flexibility index (Phi) is 3.23. The van der Waals surface area contributed by atoms with Crippen LogP contribution in [0, 0.1) is 0 Å². The van der Waals surface area contributed by atoms with Crippen molar-refractivity contribution in [2.24, 2.45) is 0 Å². The zero-order valence-electron chi connectivity index (χ0n) is 4.40. The highest BCUT2D eigenvalue weighted by atomic mass is 35.5. The van der Waals surface area contributed by atoms with E-state index in [-0.39, 0.29) is 5.03 Å². The Morgan fingerprint density at radius 3 is 2.50 bits per heavy atom. The third kappa shape index (κ3) is 2.60. The van der Waals surface area contributed by atoms with Gasteiger partial charge in [0, 0.05) is 0 Å². The molecule has 0 saturated heterocycles. The van der Waals surface area contributed by atoms with Crippen LogP contribution in [0.15, 0.2) is 11.6 Å². The molecule has 46 valence electrons. The quantitative estimate of drug-likeness (QED) is 0.440. The van der Waals surface area contributed by atoms with Crippen LogP contribution in [0.3, 0.4) is 0 Å². The molecule has 1 amide bonds. The van der Waals surface area contributed by atoms with Gasteiger partial charge in [-0.3, -0.25) is 9.63 Å². The second-order valence-corrected chi connectivity index (χ2v) is 1.50. The van der Waals surface area contributed by atoms with Gasteiger partial charge >= 0.3 is 0 Å². The lowest BCUT2D eigenvalue weighted by Gasteiger charge is -1.95. The summed E-state index contributed by atoms with van der Waals surface area (Å²) >= 11 is 5.12. The minimum atomic E-state index is -0.519. The van der Waals surface area contributed by atoms with Gasteiger partial charge in [-0.25, -0.2) is 5.48 Å². The molecule has 1 N–H and O–H groups in total. The lowest BCUT2D eigenvalue weighted by Crippen LogP contribution is -2.20. The van der Waals surface area contributed by atoms with Crippen LogP contribution in [0.5, 0.6) is 0 Å². The van der Waals surface area contributed by atoms with Gasteiger partial charge in [-0.15, -0.1) is 0 Å². The average Bonchev–Trinajstić information content (AvgIpc) is 1.67. The number of carbonyl (C=O) groups excluding carboxylic acids is 1. The topological polar surface area (TPSA) is 38.3 Å². The molecule has 0 aliphatic carbocycles. The molecule has 0 spiro atoms. The molecular weight excluding hydrogens is 130 g/mol. The van der Waals surface area contributed by atoms with Crippen molar-refractivity contribution in [2.45, 2.75) is 0 Å². The first-order valence-electron chi connectivity index (χ1n) is 1.86. The van der Waals surface area contributed by atoms with E-state index in [0.717, 1.165) is 0 Å². The number of amides is 1. The molecule has 4 heteroatoms. The largest absolute Gasteiger partial charge is 0.285 e. The van der Waals surface area contributed by atoms with E-state index in [9.17, 15) is 4.79 Å². The normalized spacial score (nSPS) is 8.25. The predicted octanol–water partition coefficient (Wildman–Crippen LogP) is 0.416. The van der Waals surface area contributed by atoms with Gasteiger partial charge in [0.25, 0.3) is 5.91 Å². The van der Waals surface area contributed by atoms with Crippen LogP contribution in [0.2, 0.25) is 0 Å². The monoisotopic (exact) mass is 135 g/mol. The maximum Gasteiger partial charge on any atom is 0.285 e. The summed E-state index contributed by atoms with van der Waals surface area (Å²) in [6.07, 6.45) is 0. The summed E-state index contributed by atoms with van der Waals surface area (Å²) in [5.41, 5.74) is 1.97. The van der Waals surface area contributed by atoms with Gasteiger partial charge in [-0.1, -0.05) is 18.2 Å². The summed E-state index contributed by atoms with van der Waals surface area (Å²) in [5, 5.41) is -0.0909. The number of rotatable bonds is 2. The molecule has 8 heavy (non-hydrogen) atoms. The average molecular weight is 136 g/mol. The lowest BCUT2D eigenvalue weighted by atomic mass is 10.6. The summed E-state index contributed by atoms with van der Waals surface area (Å²) in [5.74, 6) is -0.519. The number of hydroxylamine groups is 1. The molecule has 0 aromatic carbocycles. The van der Waals surface area contributed by atoms with Crippen molar-refractivity contribution >= 4 is 17.5 Å². The molecule has 0 aliphatic rings. The van der Waals surface area contributed by atoms with Crippen molar-refractivity contribution in [1.29, 1.82) is 0 Å². The molecule has 0 heterocycles. The van der Waals surface area contributed by atoms with Crippen molar-refractivity contribution in [3.8, 4) is 0 Å². The first-order valence-corrected chi connectivity index (χ1v) is 2.24. The smallest absolute Gasteiger partial charge is 0.277 e. The standard InChI is InChI=1S/C4H6ClNO2/c1-3(5)4(7)6-8-2/h1H2,2H3,(H,6,7). The Morgan fingerprint density at radius 1 is 1.88 bits per heavy atom. The minimum Gasteiger partial charge on any atom is -0.277 e. The van der Waals surface area contributed by atoms with E-state index in [1.54, 1.807) is 0 Å². The van der Waals surface area contributed by atoms with Gasteiger partial charge in [0.2, 0.25) is 0 Å². The summed E-state index contributed by atoms with van der Waals surface area (Å²) < 4.78 is 0. The molecule has 0 unspecified atom stereocenters. The number of halogens is 1. The lowest BCUT2D eigenvalue weighted by molar-refractivity contribution is -0.126. The molecule has 0 saturated carbocycles. The first kappa shape index (κ1) is 7.46. The third-order valence-electron chi connectivity index (χ3n) is 0.441. The summed E-state index contributed by atoms with van der Waals surface area (Å²) in [6.45, 7) is 3.15. The van der Waals surface area contributed by atoms with Crippen molar-refractivity contribution < 1.29 is 9.63 Å². The second kappa shape index (κ2) is 3.46. The maximum atomic E-state index is 10.3. The SMILES string of the molecule is C=C(Cl)C(=O)NOC. The van der Waals surface area contributed by atoms with E-state index >= 15 is 0 Å². The van der Waals surface area contributed by atoms with E-state index in [1.165, 1.54) is 7.11 Å². The van der Waals surface area contributed by atoms with E-state index in [0.29, 0.717) is 0 Å². The summed E-state index contributed by atoms with van der Waals surface area (Å²) in [4.78, 5) is 14.5. The van der Waals surface area contributed by atoms with Crippen molar-refractivity contribution in [3.05, 3.63) is 11.6 Å². The van der Waals surface area contributed by atoms with Crippen LogP contribution in [0.4, 0.5) is 0 Å². The zero-order valence-corrected chi connectivity index (χ0v) is 5.16. The molecule has 0 bridgehead atoms. The van der Waals surface area contributed by atoms with Crippen LogP contribution >= 0.6 is 11.6 Å². The predicted molar refractivity (Wildman–Crippen MR) is 30.1 cm³/mol. The Hall–Kier alpha value is -0.540. The van der Waals surface area contributed by atoms with Gasteiger partial charge in [0.15, 0.2) is 0 Å². The molecular formula is C4H6ClNO2. The van der Waals surface area contributed by atoms with Gasteiger partial charge < -0.3 is 0 Å². The fourth-order valence-corrected chi connectivity index (χ4v) is 0.187. The molecule has 0 radical (unpaired) electrons. The number of nitrogens with one attached hydrogen (secondary N) is 1. The van der Waals surface area contributed by atoms with Crippen LogP contribution < -0.4 is 5.48 Å². The van der Waals surface area contributed by atoms with Gasteiger partial charge in [-0.05, 0) is 0 Å². The summed E-state index contributed by atoms with van der Waals surface area (Å²) in [7, 11) is 1.32. The zero-order chi connectivity index (χ0) is 6.57. The molecule has 0 rings (SSSR count). The third-order valence-corrected chi connectivity index (χ3v) is 0.613. The highest BCUT2D eigenvalue weighted by molar-refractivity contribution is 6.41. The number of hydrogen-bond acceptors (Lipinski definition) is 2. The Labute approximate surface area is 52.2 Å². The minimum absolute atomic E-state index is 0.0909. The van der Waals surface area contributed by atoms with Crippen LogP contribution in [-0.4, -0.2) is 13.0 Å². The van der Waals surface area contributed by atoms with Crippen molar-refractivity contribution in [3.63, 3.8) is 0 Å². The van der Waals surface area contributed by atoms with Crippen molar-refractivity contribution in [2.75, 3.05) is 7.11 Å². The Balaban J connectivity index is 3.49. The second-order valence-electron chi connectivity index (χ2n) is 1.04. The molecule has 0 fully saturated rings. The molecule has 0 aromatic rings. The number of carbonyl (C=O) groups is 1. The maximum absolute atomic E-state index is 10.3. The highest BCUT2D eigenvalue weighted by Crippen LogP contribution is 1.93. The van der Waals surface area contributed by atoms with Crippen LogP contribution in [0.1, 0.15) is 0 Å². The highest BCUT2D eigenvalue weighted by Gasteiger charge is 1.99. The van der Waals surface area contributed by atoms with Crippen LogP contribution in [-0.2, 0) is 9.63 Å². The van der Waals surface area contributed by atoms with E-state index in [1.807, 2.05) is 5.48 Å². The van der Waals surface area contributed by atoms with E-state index < -0.39 is 5.91 Å². The van der Waals surface area contributed by atoms with Crippen LogP contribution in [0.25, 0.3) is 0 Å². The van der Waals surface area contributed by atoms with Gasteiger partial charge in [-0.2, -0.15) is 0 Å². The fraction of sp³-hybridized carbons (Fsp3) is 0.250. The Bertz CT molecular complexity index is 113. The first-order chi connectivity index (χ1) is 3.68. The number of hydrogen-bond donors (Lipinski definition) is 1. The molecule has 0 atom stereocenters. The van der Waals surface area contributed by atoms with Gasteiger partial charge in [0.05, 0.1) is 7.11 Å². The van der Waals surface area contributed by atoms with E-state index in [2.05, 4.69) is 11.4 Å². The summed E-state index contributed by atoms with van der Waals surface area (Å²) in [6, 6.07) is 0. The molecule has 0 aromatic heterocycles. The van der Waals surface area contributed by atoms with Gasteiger partial charge in [0.1, 0.15) is 5.03 Å².